The van der Waals surface area contributed by atoms with Crippen molar-refractivity contribution in [2.24, 2.45) is 12.0 Å². The number of aliphatic imine (C=N–C) groups is 1. The summed E-state index contributed by atoms with van der Waals surface area (Å²) in [5, 5.41) is 4.31. The fourth-order valence-electron chi connectivity index (χ4n) is 3.66. The van der Waals surface area contributed by atoms with Crippen LogP contribution in [0.2, 0.25) is 0 Å². The second-order valence-electron chi connectivity index (χ2n) is 7.86. The van der Waals surface area contributed by atoms with Gasteiger partial charge in [-0.15, -0.1) is 0 Å². The quantitative estimate of drug-likeness (QED) is 0.483. The predicted octanol–water partition coefficient (Wildman–Crippen LogP) is 2.88. The number of anilines is 1. The van der Waals surface area contributed by atoms with Gasteiger partial charge in [-0.2, -0.15) is 5.10 Å². The molecule has 1 fully saturated rings. The number of amides is 1. The number of rotatable bonds is 4. The topological polar surface area (TPSA) is 98.6 Å². The number of nitrogens with zero attached hydrogens (tertiary/aromatic N) is 5. The van der Waals surface area contributed by atoms with Gasteiger partial charge in [0, 0.05) is 43.0 Å². The second-order valence-corrected chi connectivity index (χ2v) is 7.86. The zero-order valence-electron chi connectivity index (χ0n) is 19.3. The lowest BCUT2D eigenvalue weighted by atomic mass is 10.0. The Labute approximate surface area is 198 Å². The highest BCUT2D eigenvalue weighted by Crippen LogP contribution is 2.21. The number of carbonyl (C=O) groups excluding carboxylic acids is 1. The monoisotopic (exact) mass is 454 g/mol. The lowest BCUT2D eigenvalue weighted by molar-refractivity contribution is 0.0302. The summed E-state index contributed by atoms with van der Waals surface area (Å²) in [7, 11) is 1.81. The van der Waals surface area contributed by atoms with Crippen molar-refractivity contribution in [3.8, 4) is 11.8 Å². The average molecular weight is 455 g/mol. The first-order valence-corrected chi connectivity index (χ1v) is 10.9. The highest BCUT2D eigenvalue weighted by atomic mass is 16.5. The van der Waals surface area contributed by atoms with Gasteiger partial charge in [0.25, 0.3) is 5.91 Å². The first-order valence-electron chi connectivity index (χ1n) is 10.9. The smallest absolute Gasteiger partial charge is 0.254 e. The maximum atomic E-state index is 12.9. The number of pyridine rings is 1. The molecule has 0 bridgehead atoms. The van der Waals surface area contributed by atoms with Crippen LogP contribution in [0, 0.1) is 18.8 Å². The molecule has 172 valence electrons. The maximum absolute atomic E-state index is 12.9. The summed E-state index contributed by atoms with van der Waals surface area (Å²) >= 11 is 0. The normalized spacial score (nSPS) is 13.8. The molecule has 0 aliphatic carbocycles. The van der Waals surface area contributed by atoms with E-state index in [1.54, 1.807) is 35.3 Å². The van der Waals surface area contributed by atoms with E-state index in [0.29, 0.717) is 54.8 Å². The van der Waals surface area contributed by atoms with Crippen LogP contribution in [-0.2, 0) is 11.8 Å². The molecule has 8 nitrogen and oxygen atoms in total. The van der Waals surface area contributed by atoms with Crippen LogP contribution in [-0.4, -0.2) is 57.6 Å². The van der Waals surface area contributed by atoms with Crippen LogP contribution in [0.4, 0.5) is 11.6 Å². The van der Waals surface area contributed by atoms with E-state index < -0.39 is 0 Å². The Morgan fingerprint density at radius 3 is 2.74 bits per heavy atom. The van der Waals surface area contributed by atoms with Crippen LogP contribution in [0.15, 0.2) is 60.4 Å². The van der Waals surface area contributed by atoms with Crippen molar-refractivity contribution in [2.45, 2.75) is 6.92 Å². The number of aryl methyl sites for hydroxylation is 2. The van der Waals surface area contributed by atoms with Crippen LogP contribution in [0.25, 0.3) is 0 Å². The molecule has 3 aromatic rings. The molecule has 0 spiro atoms. The number of nitrogen functional groups attached to an aromatic ring is 1. The van der Waals surface area contributed by atoms with E-state index in [4.69, 9.17) is 15.5 Å². The molecule has 0 radical (unpaired) electrons. The molecule has 1 amide bonds. The molecule has 3 heterocycles. The van der Waals surface area contributed by atoms with Crippen molar-refractivity contribution in [3.63, 3.8) is 0 Å². The summed E-state index contributed by atoms with van der Waals surface area (Å²) in [5.41, 5.74) is 10.2. The van der Waals surface area contributed by atoms with Gasteiger partial charge < -0.3 is 15.4 Å². The molecular weight excluding hydrogens is 428 g/mol. The van der Waals surface area contributed by atoms with Gasteiger partial charge in [0.2, 0.25) is 0 Å². The number of hydrogen-bond acceptors (Lipinski definition) is 6. The van der Waals surface area contributed by atoms with Gasteiger partial charge in [-0.25, -0.2) is 14.7 Å². The van der Waals surface area contributed by atoms with Gasteiger partial charge in [-0.05, 0) is 42.8 Å². The third-order valence-electron chi connectivity index (χ3n) is 5.50. The predicted molar refractivity (Wildman–Crippen MR) is 132 cm³/mol. The summed E-state index contributed by atoms with van der Waals surface area (Å²) in [6, 6.07) is 9.20. The Morgan fingerprint density at radius 1 is 1.24 bits per heavy atom. The molecule has 2 N–H and O–H groups in total. The van der Waals surface area contributed by atoms with Crippen molar-refractivity contribution < 1.29 is 9.53 Å². The number of carbonyl (C=O) groups is 1. The lowest BCUT2D eigenvalue weighted by Crippen LogP contribution is -2.40. The lowest BCUT2D eigenvalue weighted by Gasteiger charge is -2.27. The minimum atomic E-state index is 0.0189. The molecule has 0 atom stereocenters. The maximum Gasteiger partial charge on any atom is 0.254 e. The molecule has 1 aliphatic heterocycles. The van der Waals surface area contributed by atoms with E-state index >= 15 is 0 Å². The Kier molecular flexibility index (Phi) is 6.85. The van der Waals surface area contributed by atoms with Crippen molar-refractivity contribution in [1.29, 1.82) is 0 Å². The van der Waals surface area contributed by atoms with Crippen LogP contribution in [0.3, 0.4) is 0 Å². The standard InChI is InChI=1S/C26H26N6O2/c1-4-23(20-7-8-22(18(2)15-20)26(33)32-11-13-34-14-12-32)30-25-21(17-29-31(25)3)6-5-19-9-10-28-24(27)16-19/h4,7-10,15-17H,1,11-14H2,2-3H3,(H2,27,28)/b30-23+. The van der Waals surface area contributed by atoms with Crippen LogP contribution in [0.5, 0.6) is 0 Å². The summed E-state index contributed by atoms with van der Waals surface area (Å²) < 4.78 is 7.02. The molecule has 1 aliphatic rings. The molecule has 0 saturated carbocycles. The number of ether oxygens (including phenoxy) is 1. The number of aromatic nitrogens is 3. The number of benzene rings is 1. The Bertz CT molecular complexity index is 1320. The number of morpholine rings is 1. The third-order valence-corrected chi connectivity index (χ3v) is 5.50. The van der Waals surface area contributed by atoms with Gasteiger partial charge in [-0.3, -0.25) is 4.79 Å². The molecule has 1 aromatic carbocycles. The Morgan fingerprint density at radius 2 is 2.03 bits per heavy atom. The van der Waals surface area contributed by atoms with E-state index in [9.17, 15) is 4.79 Å². The van der Waals surface area contributed by atoms with Crippen LogP contribution >= 0.6 is 0 Å². The molecule has 4 rings (SSSR count). The second kappa shape index (κ2) is 10.1. The van der Waals surface area contributed by atoms with E-state index in [1.807, 2.05) is 37.1 Å². The minimum Gasteiger partial charge on any atom is -0.384 e. The highest BCUT2D eigenvalue weighted by Gasteiger charge is 2.20. The van der Waals surface area contributed by atoms with Gasteiger partial charge >= 0.3 is 0 Å². The highest BCUT2D eigenvalue weighted by molar-refractivity contribution is 6.10. The molecule has 0 unspecified atom stereocenters. The summed E-state index contributed by atoms with van der Waals surface area (Å²) in [6.07, 6.45) is 4.98. The van der Waals surface area contributed by atoms with Gasteiger partial charge in [0.15, 0.2) is 5.82 Å². The fourth-order valence-corrected chi connectivity index (χ4v) is 3.66. The van der Waals surface area contributed by atoms with E-state index in [0.717, 1.165) is 16.7 Å². The zero-order valence-corrected chi connectivity index (χ0v) is 19.3. The molecule has 1 saturated heterocycles. The van der Waals surface area contributed by atoms with Gasteiger partial charge in [-0.1, -0.05) is 24.5 Å². The van der Waals surface area contributed by atoms with Crippen molar-refractivity contribution in [2.75, 3.05) is 32.0 Å². The van der Waals surface area contributed by atoms with Gasteiger partial charge in [0.1, 0.15) is 5.82 Å². The van der Waals surface area contributed by atoms with Crippen LogP contribution in [0.1, 0.15) is 32.6 Å². The number of hydrogen-bond donors (Lipinski definition) is 1. The molecular formula is C26H26N6O2. The Hall–Kier alpha value is -4.22. The first kappa shape index (κ1) is 23.0. The SMILES string of the molecule is C=C/C(=N\c1c(C#Cc2ccnc(N)c2)cnn1C)c1ccc(C(=O)N2CCOCC2)c(C)c1. The summed E-state index contributed by atoms with van der Waals surface area (Å²) in [5.74, 6) is 7.23. The number of nitrogens with two attached hydrogens (primary N) is 1. The zero-order chi connectivity index (χ0) is 24.1. The largest absolute Gasteiger partial charge is 0.384 e. The van der Waals surface area contributed by atoms with Gasteiger partial charge in [0.05, 0.1) is 30.7 Å². The van der Waals surface area contributed by atoms with E-state index in [-0.39, 0.29) is 5.91 Å². The van der Waals surface area contributed by atoms with Crippen molar-refractivity contribution in [3.05, 3.63) is 83.2 Å². The summed E-state index contributed by atoms with van der Waals surface area (Å²) in [6.45, 7) is 8.22. The van der Waals surface area contributed by atoms with Crippen LogP contribution < -0.4 is 5.73 Å². The number of allylic oxidation sites excluding steroid dienone is 1. The molecule has 8 heteroatoms. The minimum absolute atomic E-state index is 0.0189. The molecule has 34 heavy (non-hydrogen) atoms. The first-order chi connectivity index (χ1) is 16.5. The Balaban J connectivity index is 1.63. The van der Waals surface area contributed by atoms with Crippen molar-refractivity contribution >= 4 is 23.3 Å². The molecule has 2 aromatic heterocycles. The fraction of sp³-hybridized carbons (Fsp3) is 0.231. The van der Waals surface area contributed by atoms with E-state index in [1.165, 1.54) is 0 Å². The van der Waals surface area contributed by atoms with Crippen molar-refractivity contribution in [1.82, 2.24) is 19.7 Å². The third kappa shape index (κ3) is 5.05. The summed E-state index contributed by atoms with van der Waals surface area (Å²) in [4.78, 5) is 23.5. The average Bonchev–Trinajstić information content (AvgIpc) is 3.20. The van der Waals surface area contributed by atoms with E-state index in [2.05, 4.69) is 28.5 Å².